The monoisotopic (exact) mass is 456 g/mol. The second-order valence-electron chi connectivity index (χ2n) is 8.13. The van der Waals surface area contributed by atoms with Gasteiger partial charge in [-0.05, 0) is 49.2 Å². The molecule has 1 saturated heterocycles. The third-order valence-electron chi connectivity index (χ3n) is 5.99. The fourth-order valence-electron chi connectivity index (χ4n) is 4.14. The first-order valence-corrected chi connectivity index (χ1v) is 11.1. The number of piperidine rings is 1. The lowest BCUT2D eigenvalue weighted by Gasteiger charge is -2.32. The van der Waals surface area contributed by atoms with Gasteiger partial charge in [0.15, 0.2) is 0 Å². The van der Waals surface area contributed by atoms with Crippen molar-refractivity contribution < 1.29 is 14.3 Å². The highest BCUT2D eigenvalue weighted by Gasteiger charge is 2.26. The van der Waals surface area contributed by atoms with Crippen molar-refractivity contribution in [2.24, 2.45) is 0 Å². The van der Waals surface area contributed by atoms with Gasteiger partial charge in [-0.3, -0.25) is 14.2 Å². The Labute approximate surface area is 196 Å². The Bertz CT molecular complexity index is 1310. The van der Waals surface area contributed by atoms with E-state index in [1.807, 2.05) is 29.2 Å². The quantitative estimate of drug-likeness (QED) is 0.496. The molecular weight excluding hydrogens is 432 g/mol. The summed E-state index contributed by atoms with van der Waals surface area (Å²) in [5.41, 5.74) is 1.31. The number of aromatic nitrogens is 4. The van der Waals surface area contributed by atoms with Crippen LogP contribution in [0, 0.1) is 0 Å². The van der Waals surface area contributed by atoms with Gasteiger partial charge in [0.25, 0.3) is 11.8 Å². The maximum Gasteiger partial charge on any atom is 0.289 e. The minimum Gasteiger partial charge on any atom is -0.497 e. The number of amides is 2. The number of rotatable bonds is 5. The lowest BCUT2D eigenvalue weighted by Crippen LogP contribution is -2.46. The maximum absolute atomic E-state index is 13.0. The summed E-state index contributed by atoms with van der Waals surface area (Å²) in [5.74, 6) is 1.08. The second-order valence-corrected chi connectivity index (χ2v) is 8.13. The Morgan fingerprint density at radius 2 is 1.79 bits per heavy atom. The summed E-state index contributed by atoms with van der Waals surface area (Å²) in [6.45, 7) is 1.13. The number of para-hydroxylation sites is 1. The van der Waals surface area contributed by atoms with Crippen LogP contribution in [0.25, 0.3) is 16.7 Å². The fraction of sp³-hybridized carbons (Fsp3) is 0.240. The van der Waals surface area contributed by atoms with Crippen molar-refractivity contribution >= 4 is 22.7 Å². The Kier molecular flexibility index (Phi) is 5.90. The third-order valence-corrected chi connectivity index (χ3v) is 5.99. The highest BCUT2D eigenvalue weighted by atomic mass is 16.5. The van der Waals surface area contributed by atoms with Crippen LogP contribution in [0.15, 0.2) is 67.3 Å². The molecule has 0 saturated carbocycles. The van der Waals surface area contributed by atoms with Crippen molar-refractivity contribution in [2.45, 2.75) is 18.9 Å². The summed E-state index contributed by atoms with van der Waals surface area (Å²) in [6, 6.07) is 14.6. The van der Waals surface area contributed by atoms with E-state index >= 15 is 0 Å². The molecule has 3 heterocycles. The lowest BCUT2D eigenvalue weighted by atomic mass is 10.0. The van der Waals surface area contributed by atoms with Gasteiger partial charge < -0.3 is 15.0 Å². The maximum atomic E-state index is 13.0. The van der Waals surface area contributed by atoms with Gasteiger partial charge in [0.05, 0.1) is 12.6 Å². The largest absolute Gasteiger partial charge is 0.497 e. The Morgan fingerprint density at radius 1 is 1.03 bits per heavy atom. The normalized spacial score (nSPS) is 14.2. The molecule has 0 unspecified atom stereocenters. The molecule has 0 bridgehead atoms. The number of hydrogen-bond acceptors (Lipinski definition) is 6. The van der Waals surface area contributed by atoms with Crippen LogP contribution in [0.1, 0.15) is 33.8 Å². The molecule has 1 aliphatic heterocycles. The van der Waals surface area contributed by atoms with Crippen LogP contribution in [0.2, 0.25) is 0 Å². The molecule has 0 atom stereocenters. The van der Waals surface area contributed by atoms with E-state index in [-0.39, 0.29) is 23.7 Å². The number of fused-ring (bicyclic) bond motifs is 1. The van der Waals surface area contributed by atoms with E-state index in [0.29, 0.717) is 48.6 Å². The second kappa shape index (κ2) is 9.30. The number of benzene rings is 2. The van der Waals surface area contributed by atoms with Crippen LogP contribution in [-0.2, 0) is 0 Å². The van der Waals surface area contributed by atoms with Crippen molar-refractivity contribution in [1.82, 2.24) is 29.7 Å². The van der Waals surface area contributed by atoms with Crippen molar-refractivity contribution in [1.29, 1.82) is 0 Å². The SMILES string of the molecule is COc1ccc(C(=O)N2CCC(NC(=O)c3nc(-n4ccnc4)c4ccccc4n3)CC2)cc1. The highest BCUT2D eigenvalue weighted by Crippen LogP contribution is 2.20. The number of likely N-dealkylation sites (tertiary alicyclic amines) is 1. The molecule has 0 radical (unpaired) electrons. The van der Waals surface area contributed by atoms with Gasteiger partial charge in [-0.25, -0.2) is 15.0 Å². The molecule has 4 aromatic rings. The first kappa shape index (κ1) is 21.6. The van der Waals surface area contributed by atoms with Gasteiger partial charge in [-0.2, -0.15) is 0 Å². The van der Waals surface area contributed by atoms with Crippen LogP contribution >= 0.6 is 0 Å². The van der Waals surface area contributed by atoms with E-state index in [1.54, 1.807) is 54.7 Å². The molecule has 0 spiro atoms. The summed E-state index contributed by atoms with van der Waals surface area (Å²) < 4.78 is 6.92. The van der Waals surface area contributed by atoms with Crippen molar-refractivity contribution in [3.8, 4) is 11.6 Å². The number of carbonyl (C=O) groups is 2. The molecule has 9 nitrogen and oxygen atoms in total. The summed E-state index contributed by atoms with van der Waals surface area (Å²) in [5, 5.41) is 3.88. The number of ether oxygens (including phenoxy) is 1. The van der Waals surface area contributed by atoms with Crippen molar-refractivity contribution in [2.75, 3.05) is 20.2 Å². The predicted molar refractivity (Wildman–Crippen MR) is 126 cm³/mol. The van der Waals surface area contributed by atoms with Gasteiger partial charge in [-0.15, -0.1) is 0 Å². The Morgan fingerprint density at radius 3 is 2.50 bits per heavy atom. The molecule has 2 amide bonds. The third kappa shape index (κ3) is 4.32. The zero-order valence-electron chi connectivity index (χ0n) is 18.7. The average molecular weight is 457 g/mol. The molecule has 9 heteroatoms. The van der Waals surface area contributed by atoms with Crippen molar-refractivity contribution in [3.05, 3.63) is 78.6 Å². The topological polar surface area (TPSA) is 102 Å². The molecule has 2 aromatic heterocycles. The Balaban J connectivity index is 1.26. The van der Waals surface area contributed by atoms with Gasteiger partial charge in [0.2, 0.25) is 5.82 Å². The zero-order valence-corrected chi connectivity index (χ0v) is 18.7. The van der Waals surface area contributed by atoms with E-state index in [0.717, 1.165) is 5.39 Å². The van der Waals surface area contributed by atoms with Gasteiger partial charge >= 0.3 is 0 Å². The van der Waals surface area contributed by atoms with E-state index < -0.39 is 0 Å². The zero-order chi connectivity index (χ0) is 23.5. The van der Waals surface area contributed by atoms with Crippen LogP contribution < -0.4 is 10.1 Å². The molecule has 172 valence electrons. The van der Waals surface area contributed by atoms with Crippen LogP contribution in [0.5, 0.6) is 5.75 Å². The molecular formula is C25H24N6O3. The fourth-order valence-corrected chi connectivity index (χ4v) is 4.14. The minimum atomic E-state index is -0.327. The predicted octanol–water partition coefficient (Wildman–Crippen LogP) is 2.86. The number of nitrogens with zero attached hydrogens (tertiary/aromatic N) is 5. The number of carbonyl (C=O) groups excluding carboxylic acids is 2. The number of imidazole rings is 1. The van der Waals surface area contributed by atoms with Gasteiger partial charge in [0.1, 0.15) is 17.9 Å². The van der Waals surface area contributed by atoms with Crippen LogP contribution in [-0.4, -0.2) is 62.5 Å². The number of methoxy groups -OCH3 is 1. The molecule has 1 N–H and O–H groups in total. The van der Waals surface area contributed by atoms with E-state index in [9.17, 15) is 9.59 Å². The first-order chi connectivity index (χ1) is 16.6. The number of hydrogen-bond donors (Lipinski definition) is 1. The summed E-state index contributed by atoms with van der Waals surface area (Å²) in [7, 11) is 1.59. The van der Waals surface area contributed by atoms with E-state index in [1.165, 1.54) is 0 Å². The molecule has 0 aliphatic carbocycles. The summed E-state index contributed by atoms with van der Waals surface area (Å²) in [4.78, 5) is 40.7. The van der Waals surface area contributed by atoms with E-state index in [2.05, 4.69) is 20.3 Å². The molecule has 1 aliphatic rings. The van der Waals surface area contributed by atoms with Gasteiger partial charge in [0, 0.05) is 42.5 Å². The summed E-state index contributed by atoms with van der Waals surface area (Å²) in [6.07, 6.45) is 6.42. The highest BCUT2D eigenvalue weighted by molar-refractivity contribution is 5.95. The lowest BCUT2D eigenvalue weighted by molar-refractivity contribution is 0.0697. The minimum absolute atomic E-state index is 0.0183. The number of nitrogens with one attached hydrogen (secondary N) is 1. The Hall–Kier alpha value is -4.27. The molecule has 1 fully saturated rings. The van der Waals surface area contributed by atoms with Gasteiger partial charge in [-0.1, -0.05) is 12.1 Å². The first-order valence-electron chi connectivity index (χ1n) is 11.1. The average Bonchev–Trinajstić information content (AvgIpc) is 3.43. The summed E-state index contributed by atoms with van der Waals surface area (Å²) >= 11 is 0. The smallest absolute Gasteiger partial charge is 0.289 e. The van der Waals surface area contributed by atoms with Crippen LogP contribution in [0.4, 0.5) is 0 Å². The molecule has 2 aromatic carbocycles. The van der Waals surface area contributed by atoms with Crippen LogP contribution in [0.3, 0.4) is 0 Å². The standard InChI is InChI=1S/C25H24N6O3/c1-34-19-8-6-17(7-9-19)25(33)30-13-10-18(11-14-30)27-24(32)22-28-21-5-3-2-4-20(21)23(29-22)31-15-12-26-16-31/h2-9,12,15-16,18H,10-11,13-14H2,1H3,(H,27,32). The van der Waals surface area contributed by atoms with Crippen molar-refractivity contribution in [3.63, 3.8) is 0 Å². The van der Waals surface area contributed by atoms with E-state index in [4.69, 9.17) is 4.74 Å². The molecule has 5 rings (SSSR count). The molecule has 34 heavy (non-hydrogen) atoms.